The number of hydrogen-bond donors (Lipinski definition) is 7. The minimum Gasteiger partial charge on any atom is -0.481 e. The molecular weight excluding hydrogens is 837 g/mol. The summed E-state index contributed by atoms with van der Waals surface area (Å²) in [5.41, 5.74) is 5.42. The van der Waals surface area contributed by atoms with Gasteiger partial charge in [0.05, 0.1) is 0 Å². The average Bonchev–Trinajstić information content (AvgIpc) is 3.32. The van der Waals surface area contributed by atoms with Crippen LogP contribution in [0.15, 0.2) is 140 Å². The van der Waals surface area contributed by atoms with Gasteiger partial charge in [0, 0.05) is 50.8 Å². The minimum absolute atomic E-state index is 0.0224. The molecule has 0 unspecified atom stereocenters. The lowest BCUT2D eigenvalue weighted by Gasteiger charge is -2.27. The van der Waals surface area contributed by atoms with E-state index in [1.807, 2.05) is 115 Å². The molecule has 0 radical (unpaired) electrons. The van der Waals surface area contributed by atoms with Crippen molar-refractivity contribution in [2.24, 2.45) is 0 Å². The highest BCUT2D eigenvalue weighted by molar-refractivity contribution is 5.97. The molecule has 66 heavy (non-hydrogen) atoms. The van der Waals surface area contributed by atoms with Crippen LogP contribution in [0.1, 0.15) is 60.8 Å². The van der Waals surface area contributed by atoms with Crippen molar-refractivity contribution in [2.75, 3.05) is 11.9 Å². The van der Waals surface area contributed by atoms with Crippen molar-refractivity contribution in [3.8, 4) is 11.1 Å². The lowest BCUT2D eigenvalue weighted by molar-refractivity contribution is -0.137. The van der Waals surface area contributed by atoms with Crippen LogP contribution in [0, 0.1) is 0 Å². The third kappa shape index (κ3) is 15.3. The molecule has 0 saturated heterocycles. The number of hydrogen-bond acceptors (Lipinski definition) is 7. The number of carbonyl (C=O) groups excluding carboxylic acids is 6. The van der Waals surface area contributed by atoms with E-state index < -0.39 is 65.6 Å². The number of carboxylic acids is 1. The molecule has 5 aromatic carbocycles. The number of nitrogens with one attached hydrogen (secondary N) is 6. The second kappa shape index (κ2) is 24.5. The van der Waals surface area contributed by atoms with Gasteiger partial charge in [-0.3, -0.25) is 33.6 Å². The van der Waals surface area contributed by atoms with E-state index in [0.29, 0.717) is 36.1 Å². The molecule has 5 aromatic rings. The Labute approximate surface area is 384 Å². The quantitative estimate of drug-likeness (QED) is 0.0591. The summed E-state index contributed by atoms with van der Waals surface area (Å²) in [6.07, 6.45) is 0.971. The molecule has 2 aliphatic rings. The summed E-state index contributed by atoms with van der Waals surface area (Å²) >= 11 is 0. The van der Waals surface area contributed by atoms with Crippen LogP contribution < -0.4 is 31.9 Å². The molecule has 0 fully saturated rings. The smallest absolute Gasteiger partial charge is 0.303 e. The zero-order valence-electron chi connectivity index (χ0n) is 36.7. The first-order valence-electron chi connectivity index (χ1n) is 22.3. The van der Waals surface area contributed by atoms with E-state index in [1.54, 1.807) is 24.3 Å². The van der Waals surface area contributed by atoms with Crippen LogP contribution in [0.2, 0.25) is 0 Å². The van der Waals surface area contributed by atoms with Gasteiger partial charge in [-0.15, -0.1) is 0 Å². The van der Waals surface area contributed by atoms with E-state index in [4.69, 9.17) is 5.11 Å². The molecule has 0 aromatic heterocycles. The van der Waals surface area contributed by atoms with Crippen LogP contribution in [0.5, 0.6) is 0 Å². The van der Waals surface area contributed by atoms with Crippen molar-refractivity contribution < 1.29 is 38.7 Å². The number of fused-ring (bicyclic) bond motifs is 18. The minimum atomic E-state index is -1.23. The second-order valence-corrected chi connectivity index (χ2v) is 16.4. The van der Waals surface area contributed by atoms with Crippen LogP contribution in [-0.4, -0.2) is 77.2 Å². The van der Waals surface area contributed by atoms with Gasteiger partial charge in [0.15, 0.2) is 0 Å². The zero-order valence-corrected chi connectivity index (χ0v) is 36.7. The van der Waals surface area contributed by atoms with E-state index in [-0.39, 0.29) is 51.5 Å². The Morgan fingerprint density at radius 3 is 1.71 bits per heavy atom. The molecule has 6 amide bonds. The maximum absolute atomic E-state index is 14.7. The van der Waals surface area contributed by atoms with Gasteiger partial charge in [0.1, 0.15) is 24.2 Å². The fourth-order valence-electron chi connectivity index (χ4n) is 7.63. The highest BCUT2D eigenvalue weighted by Crippen LogP contribution is 2.20. The monoisotopic (exact) mass is 892 g/mol. The SMILES string of the molecule is O=C(O)CCCCNC(=O)[C@@H]1Cc2ccc(cc2)NC(=O)CCC(=O)N[C@H](Cc2ccccc2)C(=O)N[C@@H](Cc2ccc(-c3ccccc3)cc2)C(=O)N[C@H](CCc2ccccc2)C(=O)N1. The van der Waals surface area contributed by atoms with Gasteiger partial charge < -0.3 is 37.0 Å². The van der Waals surface area contributed by atoms with Crippen molar-refractivity contribution in [3.05, 3.63) is 162 Å². The molecule has 2 aliphatic heterocycles. The van der Waals surface area contributed by atoms with E-state index in [1.165, 1.54) is 0 Å². The number of anilines is 1. The van der Waals surface area contributed by atoms with Crippen molar-refractivity contribution in [3.63, 3.8) is 0 Å². The molecule has 342 valence electrons. The second-order valence-electron chi connectivity index (χ2n) is 16.4. The Balaban J connectivity index is 1.34. The first kappa shape index (κ1) is 47.9. The standard InChI is InChI=1S/C52H56N6O8/c59-46-29-30-47(60)55-44(32-36-14-6-2-7-15-36)51(65)58-45(34-37-19-24-40(25-20-37)39-16-8-3-9-17-39)52(66)56-42(28-23-35-12-4-1-5-13-35)50(64)57-43(33-38-21-26-41(54-46)27-22-38)49(63)53-31-11-10-18-48(61)62/h1-9,12-17,19-22,24-27,42-45H,10-11,18,23,28-34H2,(H,53,63)(H,54,59)(H,55,60)(H,56,66)(H,57,64)(H,58,65)(H,61,62)/t42-,43+,44-,45+/m1/s1. The summed E-state index contributed by atoms with van der Waals surface area (Å²) < 4.78 is 0. The van der Waals surface area contributed by atoms with Crippen LogP contribution in [0.4, 0.5) is 5.69 Å². The predicted molar refractivity (Wildman–Crippen MR) is 251 cm³/mol. The summed E-state index contributed by atoms with van der Waals surface area (Å²) in [7, 11) is 0. The van der Waals surface area contributed by atoms with Crippen molar-refractivity contribution >= 4 is 47.1 Å². The summed E-state index contributed by atoms with van der Waals surface area (Å²) in [6, 6.07) is 38.0. The normalized spacial score (nSPS) is 18.6. The first-order valence-corrected chi connectivity index (χ1v) is 22.3. The highest BCUT2D eigenvalue weighted by atomic mass is 16.4. The number of carbonyl (C=O) groups is 7. The van der Waals surface area contributed by atoms with Gasteiger partial charge in [-0.2, -0.15) is 0 Å². The Bertz CT molecular complexity index is 2410. The summed E-state index contributed by atoms with van der Waals surface area (Å²) in [6.45, 7) is 0.175. The fraction of sp³-hybridized carbons (Fsp3) is 0.288. The molecule has 0 aliphatic carbocycles. The molecule has 2 heterocycles. The molecule has 7 rings (SSSR count). The Morgan fingerprint density at radius 2 is 1.08 bits per heavy atom. The van der Waals surface area contributed by atoms with Gasteiger partial charge in [-0.05, 0) is 71.2 Å². The molecule has 0 saturated carbocycles. The molecule has 2 bridgehead atoms. The molecule has 0 spiro atoms. The van der Waals surface area contributed by atoms with Gasteiger partial charge >= 0.3 is 5.97 Å². The molecule has 4 atom stereocenters. The highest BCUT2D eigenvalue weighted by Gasteiger charge is 2.32. The molecular formula is C52H56N6O8. The summed E-state index contributed by atoms with van der Waals surface area (Å²) in [4.78, 5) is 94.9. The van der Waals surface area contributed by atoms with Crippen LogP contribution >= 0.6 is 0 Å². The number of rotatable bonds is 14. The lowest BCUT2D eigenvalue weighted by atomic mass is 9.98. The number of amides is 6. The third-order valence-corrected chi connectivity index (χ3v) is 11.3. The van der Waals surface area contributed by atoms with E-state index in [0.717, 1.165) is 22.3 Å². The lowest BCUT2D eigenvalue weighted by Crippen LogP contribution is -2.59. The number of unbranched alkanes of at least 4 members (excludes halogenated alkanes) is 1. The summed E-state index contributed by atoms with van der Waals surface area (Å²) in [5, 5.41) is 26.1. The summed E-state index contributed by atoms with van der Waals surface area (Å²) in [5.74, 6) is -4.36. The van der Waals surface area contributed by atoms with E-state index in [9.17, 15) is 33.6 Å². The number of benzene rings is 5. The average molecular weight is 893 g/mol. The topological polar surface area (TPSA) is 212 Å². The fourth-order valence-corrected chi connectivity index (χ4v) is 7.63. The van der Waals surface area contributed by atoms with Crippen molar-refractivity contribution in [1.82, 2.24) is 26.6 Å². The van der Waals surface area contributed by atoms with Gasteiger partial charge in [-0.25, -0.2) is 0 Å². The zero-order chi connectivity index (χ0) is 46.7. The maximum Gasteiger partial charge on any atom is 0.303 e. The van der Waals surface area contributed by atoms with Gasteiger partial charge in [-0.1, -0.05) is 127 Å². The van der Waals surface area contributed by atoms with E-state index in [2.05, 4.69) is 31.9 Å². The van der Waals surface area contributed by atoms with E-state index >= 15 is 0 Å². The Morgan fingerprint density at radius 1 is 0.545 bits per heavy atom. The Kier molecular flexibility index (Phi) is 17.7. The maximum atomic E-state index is 14.7. The van der Waals surface area contributed by atoms with Crippen molar-refractivity contribution in [2.45, 2.75) is 88.4 Å². The first-order chi connectivity index (χ1) is 32.0. The predicted octanol–water partition coefficient (Wildman–Crippen LogP) is 5.06. The van der Waals surface area contributed by atoms with Crippen LogP contribution in [0.3, 0.4) is 0 Å². The number of carboxylic acid groups (broad SMARTS) is 1. The molecule has 14 nitrogen and oxygen atoms in total. The van der Waals surface area contributed by atoms with Crippen LogP contribution in [-0.2, 0) is 59.2 Å². The van der Waals surface area contributed by atoms with Gasteiger partial charge in [0.25, 0.3) is 0 Å². The number of aryl methyl sites for hydroxylation is 1. The Hall–Kier alpha value is -7.61. The largest absolute Gasteiger partial charge is 0.481 e. The third-order valence-electron chi connectivity index (χ3n) is 11.3. The van der Waals surface area contributed by atoms with Gasteiger partial charge in [0.2, 0.25) is 35.4 Å². The molecule has 14 heteroatoms. The van der Waals surface area contributed by atoms with Crippen molar-refractivity contribution in [1.29, 1.82) is 0 Å². The van der Waals surface area contributed by atoms with Crippen LogP contribution in [0.25, 0.3) is 11.1 Å². The molecule has 7 N–H and O–H groups in total. The number of aliphatic carboxylic acids is 1.